The molecule has 8 rings (SSSR count). The van der Waals surface area contributed by atoms with E-state index in [0.717, 1.165) is 56.1 Å². The highest BCUT2D eigenvalue weighted by Crippen LogP contribution is 2.51. The van der Waals surface area contributed by atoms with Crippen molar-refractivity contribution in [3.05, 3.63) is 142 Å². The summed E-state index contributed by atoms with van der Waals surface area (Å²) < 4.78 is 30.9. The van der Waals surface area contributed by atoms with E-state index in [0.29, 0.717) is 73.9 Å². The van der Waals surface area contributed by atoms with E-state index in [9.17, 15) is 29.4 Å². The zero-order valence-corrected chi connectivity index (χ0v) is 53.3. The number of benzene rings is 4. The Morgan fingerprint density at radius 1 is 0.471 bits per heavy atom. The van der Waals surface area contributed by atoms with Gasteiger partial charge in [0.1, 0.15) is 0 Å². The van der Waals surface area contributed by atoms with E-state index in [1.807, 2.05) is 71.9 Å². The van der Waals surface area contributed by atoms with Crippen LogP contribution in [0.4, 0.5) is 0 Å². The molecule has 14 heteroatoms. The fourth-order valence-corrected chi connectivity index (χ4v) is 12.6. The van der Waals surface area contributed by atoms with Crippen molar-refractivity contribution in [2.45, 2.75) is 188 Å². The van der Waals surface area contributed by atoms with Gasteiger partial charge in [0, 0.05) is 36.8 Å². The first-order chi connectivity index (χ1) is 39.9. The molecule has 0 heterocycles. The minimum absolute atomic E-state index is 0. The quantitative estimate of drug-likeness (QED) is 0.102. The van der Waals surface area contributed by atoms with E-state index in [2.05, 4.69) is 85.1 Å². The van der Waals surface area contributed by atoms with E-state index in [4.69, 9.17) is 41.6 Å². The lowest BCUT2D eigenvalue weighted by Gasteiger charge is -2.41. The summed E-state index contributed by atoms with van der Waals surface area (Å²) in [5.41, 5.74) is 2.55. The van der Waals surface area contributed by atoms with Gasteiger partial charge in [0.15, 0.2) is 23.0 Å². The minimum Gasteiger partial charge on any atom is -0.493 e. The molecule has 6 unspecified atom stereocenters. The first-order valence-corrected chi connectivity index (χ1v) is 29.9. The number of esters is 2. The van der Waals surface area contributed by atoms with Crippen LogP contribution in [0.1, 0.15) is 189 Å². The third kappa shape index (κ3) is 18.0. The maximum Gasteiger partial charge on any atom is 0.311 e. The highest BCUT2D eigenvalue weighted by molar-refractivity contribution is 5.76. The van der Waals surface area contributed by atoms with Crippen LogP contribution in [0, 0.1) is 47.6 Å². The lowest BCUT2D eigenvalue weighted by atomic mass is 9.63. The Balaban J connectivity index is 0.000000379. The van der Waals surface area contributed by atoms with Gasteiger partial charge in [-0.1, -0.05) is 123 Å². The smallest absolute Gasteiger partial charge is 0.311 e. The molecule has 0 amide bonds. The number of rotatable bonds is 12. The fraction of sp³-hybridized carbons (Fsp3) is 0.577. The number of carboxylic acid groups (broad SMARTS) is 2. The monoisotopic (exact) mass is 1170 g/mol. The predicted molar refractivity (Wildman–Crippen MR) is 338 cm³/mol. The highest BCUT2D eigenvalue weighted by atomic mass is 16.5. The standard InChI is InChI=1S/2C17H21NO4.2C16H22O2.2C2H6.CH4/c1-16(15(19)20)7-9-17(18-2,10-8-16)12-5-6-13(21-3)14(11-12)22-4;1-11-10-17(18-2,8-7-13(11)16(19)20)12-5-6-14(21-3)15(9-12)22-4;1-15(13-7-5-4-6-8-13)9-11-16(2,12-10-15)14(17)18-3;1-12-11-16(2,13-7-5-4-6-8-13)10-9-14(12)15(17)18-3;2*1-2;/h5-6,11H,7-10H2,1,3-4H3,(H,19,20);5-6,9,11,13H,7-8,10H2,1,3-4H3,(H,19,20);4-8H,9-12H2,1-3H3;4-8,12,14H,9-11H2,1-3H3;2*1-2H3;1H4. The maximum absolute atomic E-state index is 11.8. The van der Waals surface area contributed by atoms with Gasteiger partial charge >= 0.3 is 23.9 Å². The third-order valence-electron chi connectivity index (χ3n) is 18.5. The summed E-state index contributed by atoms with van der Waals surface area (Å²) in [6, 6.07) is 32.3. The molecule has 4 saturated carbocycles. The van der Waals surface area contributed by atoms with Crippen molar-refractivity contribution in [2.24, 2.45) is 34.5 Å². The number of hydrogen-bond donors (Lipinski definition) is 2. The molecule has 0 spiro atoms. The molecule has 4 aliphatic rings. The summed E-state index contributed by atoms with van der Waals surface area (Å²) in [6.45, 7) is 35.8. The normalized spacial score (nSPS) is 28.0. The predicted octanol–water partition coefficient (Wildman–Crippen LogP) is 16.8. The topological polar surface area (TPSA) is 173 Å². The molecule has 0 aliphatic heterocycles. The lowest BCUT2D eigenvalue weighted by molar-refractivity contribution is -0.154. The van der Waals surface area contributed by atoms with Crippen LogP contribution in [0.5, 0.6) is 23.0 Å². The van der Waals surface area contributed by atoms with Crippen molar-refractivity contribution in [2.75, 3.05) is 42.7 Å². The lowest BCUT2D eigenvalue weighted by Crippen LogP contribution is -2.39. The summed E-state index contributed by atoms with van der Waals surface area (Å²) in [5, 5.41) is 18.6. The minimum atomic E-state index is -0.779. The third-order valence-corrected chi connectivity index (χ3v) is 18.5. The second-order valence-corrected chi connectivity index (χ2v) is 23.7. The van der Waals surface area contributed by atoms with Gasteiger partial charge in [0.05, 0.1) is 65.3 Å². The van der Waals surface area contributed by atoms with Gasteiger partial charge in [-0.15, -0.1) is 0 Å². The molecular weight excluding hydrogens is 1070 g/mol. The van der Waals surface area contributed by atoms with Gasteiger partial charge in [-0.2, -0.15) is 0 Å². The number of carbonyl (C=O) groups excluding carboxylic acids is 2. The summed E-state index contributed by atoms with van der Waals surface area (Å²) in [5.74, 6) is 0.848. The van der Waals surface area contributed by atoms with Crippen LogP contribution >= 0.6 is 0 Å². The molecule has 4 aliphatic carbocycles. The largest absolute Gasteiger partial charge is 0.493 e. The number of hydrogen-bond acceptors (Lipinski definition) is 10. The molecule has 0 saturated heterocycles. The number of ether oxygens (including phenoxy) is 6. The molecule has 468 valence electrons. The molecule has 85 heavy (non-hydrogen) atoms. The fourth-order valence-electron chi connectivity index (χ4n) is 12.6. The van der Waals surface area contributed by atoms with Crippen LogP contribution in [0.2, 0.25) is 0 Å². The zero-order valence-electron chi connectivity index (χ0n) is 53.3. The summed E-state index contributed by atoms with van der Waals surface area (Å²) in [7, 11) is 9.24. The van der Waals surface area contributed by atoms with Crippen LogP contribution in [0.15, 0.2) is 97.1 Å². The van der Waals surface area contributed by atoms with Gasteiger partial charge in [-0.25, -0.2) is 13.1 Å². The molecule has 14 nitrogen and oxygen atoms in total. The van der Waals surface area contributed by atoms with Crippen molar-refractivity contribution < 1.29 is 57.8 Å². The van der Waals surface area contributed by atoms with Gasteiger partial charge < -0.3 is 48.3 Å². The van der Waals surface area contributed by atoms with Gasteiger partial charge in [0.2, 0.25) is 0 Å². The number of nitrogens with zero attached hydrogens (tertiary/aromatic N) is 2. The zero-order chi connectivity index (χ0) is 63.1. The van der Waals surface area contributed by atoms with Gasteiger partial charge in [-0.05, 0) is 148 Å². The molecule has 4 aromatic rings. The van der Waals surface area contributed by atoms with Crippen molar-refractivity contribution in [3.63, 3.8) is 0 Å². The van der Waals surface area contributed by atoms with E-state index in [1.54, 1.807) is 47.5 Å². The number of aliphatic carboxylic acids is 2. The maximum atomic E-state index is 11.8. The van der Waals surface area contributed by atoms with Crippen molar-refractivity contribution in [1.29, 1.82) is 0 Å². The van der Waals surface area contributed by atoms with Crippen molar-refractivity contribution in [3.8, 4) is 23.0 Å². The second-order valence-electron chi connectivity index (χ2n) is 23.7. The molecule has 4 aromatic carbocycles. The second kappa shape index (κ2) is 33.6. The number of methoxy groups -OCH3 is 6. The van der Waals surface area contributed by atoms with Crippen LogP contribution in [-0.2, 0) is 50.6 Å². The molecule has 0 aromatic heterocycles. The first kappa shape index (κ1) is 74.0. The van der Waals surface area contributed by atoms with Crippen LogP contribution < -0.4 is 18.9 Å². The van der Waals surface area contributed by atoms with Gasteiger partial charge in [-0.3, -0.25) is 19.2 Å². The Morgan fingerprint density at radius 2 is 0.882 bits per heavy atom. The first-order valence-electron chi connectivity index (χ1n) is 29.9. The summed E-state index contributed by atoms with van der Waals surface area (Å²) in [4.78, 5) is 53.9. The Labute approximate surface area is 510 Å². The average molecular weight is 1180 g/mol. The summed E-state index contributed by atoms with van der Waals surface area (Å²) in [6.07, 6.45) is 10.6. The van der Waals surface area contributed by atoms with E-state index in [1.165, 1.54) is 25.3 Å². The van der Waals surface area contributed by atoms with E-state index < -0.39 is 28.4 Å². The number of carboxylic acids is 2. The molecule has 0 radical (unpaired) electrons. The Bertz CT molecular complexity index is 2810. The molecule has 6 atom stereocenters. The van der Waals surface area contributed by atoms with Crippen LogP contribution in [-0.4, -0.2) is 76.7 Å². The van der Waals surface area contributed by atoms with Crippen LogP contribution in [0.3, 0.4) is 0 Å². The van der Waals surface area contributed by atoms with Crippen molar-refractivity contribution >= 4 is 23.9 Å². The van der Waals surface area contributed by atoms with Crippen molar-refractivity contribution in [1.82, 2.24) is 0 Å². The van der Waals surface area contributed by atoms with Crippen LogP contribution in [0.25, 0.3) is 9.69 Å². The Kier molecular flexibility index (Phi) is 29.3. The molecule has 2 N–H and O–H groups in total. The average Bonchev–Trinajstić information content (AvgIpc) is 1.93. The highest BCUT2D eigenvalue weighted by Gasteiger charge is 2.51. The van der Waals surface area contributed by atoms with E-state index >= 15 is 0 Å². The molecular formula is C71H102N2O12. The Morgan fingerprint density at radius 3 is 1.26 bits per heavy atom. The Hall–Kier alpha value is -7.06. The SMILES string of the molecule is C.CC.CC.COC(=O)C1(C)CCC(C)(c2ccccc2)CC1.COC(=O)C1CCC(C)(c2ccccc2)CC1C.[C-]#[N+]C1(c2ccc(OC)c(OC)c2)CCC(C(=O)O)C(C)C1.[C-]#[N+]C1(c2ccc(OC)c(OC)c2)CCC(C)(C(=O)O)CC1. The van der Waals surface area contributed by atoms with E-state index in [-0.39, 0.29) is 53.4 Å². The molecule has 0 bridgehead atoms. The molecule has 4 fully saturated rings. The summed E-state index contributed by atoms with van der Waals surface area (Å²) >= 11 is 0. The van der Waals surface area contributed by atoms with Gasteiger partial charge in [0.25, 0.3) is 11.1 Å². The number of carbonyl (C=O) groups is 4.